The number of pyridine rings is 1. The number of anilines is 2. The first-order valence-corrected chi connectivity index (χ1v) is 10.7. The Hall–Kier alpha value is -3.14. The Morgan fingerprint density at radius 2 is 2.00 bits per heavy atom. The van der Waals surface area contributed by atoms with Gasteiger partial charge in [0.1, 0.15) is 5.75 Å². The van der Waals surface area contributed by atoms with E-state index in [0.717, 1.165) is 43.1 Å². The molecule has 2 aromatic heterocycles. The zero-order chi connectivity index (χ0) is 23.8. The number of fused-ring (bicyclic) bond motifs is 1. The Morgan fingerprint density at radius 1 is 1.21 bits per heavy atom. The van der Waals surface area contributed by atoms with Crippen LogP contribution in [0.1, 0.15) is 42.6 Å². The van der Waals surface area contributed by atoms with Crippen LogP contribution < -0.4 is 10.2 Å². The number of piperidine rings is 1. The predicted molar refractivity (Wildman–Crippen MR) is 119 cm³/mol. The molecular formula is C23H26F3N5O2. The van der Waals surface area contributed by atoms with Crippen LogP contribution in [0.15, 0.2) is 30.5 Å². The highest BCUT2D eigenvalue weighted by Crippen LogP contribution is 2.35. The quantitative estimate of drug-likeness (QED) is 0.562. The van der Waals surface area contributed by atoms with E-state index < -0.39 is 23.5 Å². The van der Waals surface area contributed by atoms with Crippen LogP contribution in [0.4, 0.5) is 24.7 Å². The van der Waals surface area contributed by atoms with Gasteiger partial charge in [-0.05, 0) is 56.5 Å². The average Bonchev–Trinajstić information content (AvgIpc) is 2.79. The molecule has 1 aromatic carbocycles. The Bertz CT molecular complexity index is 1150. The van der Waals surface area contributed by atoms with E-state index in [9.17, 15) is 18.3 Å². The zero-order valence-corrected chi connectivity index (χ0v) is 18.6. The van der Waals surface area contributed by atoms with Gasteiger partial charge in [0.15, 0.2) is 5.82 Å². The van der Waals surface area contributed by atoms with Crippen molar-refractivity contribution in [2.45, 2.75) is 45.0 Å². The van der Waals surface area contributed by atoms with Crippen LogP contribution in [0.25, 0.3) is 10.9 Å². The normalized spacial score (nSPS) is 17.9. The summed E-state index contributed by atoms with van der Waals surface area (Å²) in [6.07, 6.45) is -0.597. The number of nitrogens with one attached hydrogen (secondary N) is 1. The highest BCUT2D eigenvalue weighted by Gasteiger charge is 2.32. The summed E-state index contributed by atoms with van der Waals surface area (Å²) in [4.78, 5) is 6.80. The lowest BCUT2D eigenvalue weighted by atomic mass is 10.0. The maximum Gasteiger partial charge on any atom is 0.416 e. The molecule has 1 fully saturated rings. The molecule has 0 saturated carbocycles. The van der Waals surface area contributed by atoms with Crippen molar-refractivity contribution >= 4 is 22.4 Å². The molecule has 4 rings (SSSR count). The standard InChI is InChI=1S/C23H26F3N5O2/c1-13(15-7-16(23(24,25)26)9-18(32)8-15)28-22-20-10-17(11-27-21(20)14(2)29-30-22)31-6-4-5-19(12-31)33-3/h7-11,13,19,32H,4-6,12H2,1-3H3,(H,28,30)/t13-,19+/m1/s1. The smallest absolute Gasteiger partial charge is 0.416 e. The number of halogens is 3. The molecule has 1 aliphatic heterocycles. The number of nitrogens with zero attached hydrogens (tertiary/aromatic N) is 4. The van der Waals surface area contributed by atoms with Gasteiger partial charge in [0, 0.05) is 25.6 Å². The summed E-state index contributed by atoms with van der Waals surface area (Å²) in [5.74, 6) is -0.0373. The third kappa shape index (κ3) is 4.95. The number of benzene rings is 1. The summed E-state index contributed by atoms with van der Waals surface area (Å²) >= 11 is 0. The van der Waals surface area contributed by atoms with Crippen molar-refractivity contribution in [3.05, 3.63) is 47.3 Å². The number of aromatic nitrogens is 3. The molecule has 7 nitrogen and oxygen atoms in total. The molecule has 3 heterocycles. The fourth-order valence-corrected chi connectivity index (χ4v) is 4.13. The minimum atomic E-state index is -4.56. The molecule has 3 aromatic rings. The Morgan fingerprint density at radius 3 is 2.73 bits per heavy atom. The second-order valence-corrected chi connectivity index (χ2v) is 8.35. The van der Waals surface area contributed by atoms with Gasteiger partial charge in [0.2, 0.25) is 0 Å². The molecular weight excluding hydrogens is 435 g/mol. The van der Waals surface area contributed by atoms with Gasteiger partial charge in [-0.3, -0.25) is 4.98 Å². The first kappa shape index (κ1) is 23.0. The van der Waals surface area contributed by atoms with Crippen molar-refractivity contribution in [3.8, 4) is 5.75 Å². The fourth-order valence-electron chi connectivity index (χ4n) is 4.13. The number of phenols is 1. The van der Waals surface area contributed by atoms with Crippen molar-refractivity contribution in [2.24, 2.45) is 0 Å². The number of methoxy groups -OCH3 is 1. The van der Waals surface area contributed by atoms with Crippen LogP contribution in [0.2, 0.25) is 0 Å². The maximum absolute atomic E-state index is 13.2. The molecule has 176 valence electrons. The summed E-state index contributed by atoms with van der Waals surface area (Å²) in [6, 6.07) is 4.43. The van der Waals surface area contributed by atoms with Gasteiger partial charge in [-0.15, -0.1) is 5.10 Å². The van der Waals surface area contributed by atoms with Crippen LogP contribution in [-0.2, 0) is 10.9 Å². The van der Waals surface area contributed by atoms with E-state index in [2.05, 4.69) is 25.4 Å². The minimum Gasteiger partial charge on any atom is -0.508 e. The predicted octanol–water partition coefficient (Wildman–Crippen LogP) is 4.85. The van der Waals surface area contributed by atoms with Gasteiger partial charge >= 0.3 is 6.18 Å². The van der Waals surface area contributed by atoms with Gasteiger partial charge in [-0.25, -0.2) is 0 Å². The van der Waals surface area contributed by atoms with Gasteiger partial charge in [-0.2, -0.15) is 18.3 Å². The number of aryl methyl sites for hydroxylation is 1. The molecule has 0 spiro atoms. The molecule has 10 heteroatoms. The van der Waals surface area contributed by atoms with Gasteiger partial charge in [0.25, 0.3) is 0 Å². The van der Waals surface area contributed by atoms with E-state index in [4.69, 9.17) is 4.74 Å². The molecule has 1 aliphatic rings. The SMILES string of the molecule is CO[C@H]1CCCN(c2cnc3c(C)nnc(N[C@H](C)c4cc(O)cc(C(F)(F)F)c4)c3c2)C1. The second-order valence-electron chi connectivity index (χ2n) is 8.35. The topological polar surface area (TPSA) is 83.4 Å². The van der Waals surface area contributed by atoms with Crippen LogP contribution in [0, 0.1) is 6.92 Å². The van der Waals surface area contributed by atoms with Gasteiger partial charge < -0.3 is 20.1 Å². The maximum atomic E-state index is 13.2. The monoisotopic (exact) mass is 461 g/mol. The van der Waals surface area contributed by atoms with E-state index >= 15 is 0 Å². The molecule has 1 saturated heterocycles. The lowest BCUT2D eigenvalue weighted by Gasteiger charge is -2.33. The van der Waals surface area contributed by atoms with Crippen molar-refractivity contribution in [1.29, 1.82) is 0 Å². The van der Waals surface area contributed by atoms with Gasteiger partial charge in [-0.1, -0.05) is 0 Å². The molecule has 2 N–H and O–H groups in total. The van der Waals surface area contributed by atoms with E-state index in [1.165, 1.54) is 6.07 Å². The fraction of sp³-hybridized carbons (Fsp3) is 0.435. The minimum absolute atomic E-state index is 0.151. The first-order chi connectivity index (χ1) is 15.7. The summed E-state index contributed by atoms with van der Waals surface area (Å²) in [5, 5.41) is 22.1. The van der Waals surface area contributed by atoms with Crippen LogP contribution in [-0.4, -0.2) is 46.6 Å². The third-order valence-corrected chi connectivity index (χ3v) is 5.97. The summed E-state index contributed by atoms with van der Waals surface area (Å²) < 4.78 is 45.1. The molecule has 2 atom stereocenters. The van der Waals surface area contributed by atoms with E-state index in [1.54, 1.807) is 20.2 Å². The number of aromatic hydroxyl groups is 1. The number of hydrogen-bond acceptors (Lipinski definition) is 7. The van der Waals surface area contributed by atoms with E-state index in [-0.39, 0.29) is 11.7 Å². The molecule has 0 amide bonds. The zero-order valence-electron chi connectivity index (χ0n) is 18.6. The lowest BCUT2D eigenvalue weighted by molar-refractivity contribution is -0.137. The van der Waals surface area contributed by atoms with Crippen LogP contribution in [0.5, 0.6) is 5.75 Å². The molecule has 33 heavy (non-hydrogen) atoms. The molecule has 0 unspecified atom stereocenters. The molecule has 0 radical (unpaired) electrons. The molecule has 0 bridgehead atoms. The molecule has 0 aliphatic carbocycles. The first-order valence-electron chi connectivity index (χ1n) is 10.7. The average molecular weight is 461 g/mol. The third-order valence-electron chi connectivity index (χ3n) is 5.97. The summed E-state index contributed by atoms with van der Waals surface area (Å²) in [6.45, 7) is 5.15. The second kappa shape index (κ2) is 9.01. The largest absolute Gasteiger partial charge is 0.508 e. The lowest BCUT2D eigenvalue weighted by Crippen LogP contribution is -2.39. The van der Waals surface area contributed by atoms with Crippen molar-refractivity contribution in [1.82, 2.24) is 15.2 Å². The highest BCUT2D eigenvalue weighted by atomic mass is 19.4. The van der Waals surface area contributed by atoms with E-state index in [0.29, 0.717) is 23.1 Å². The highest BCUT2D eigenvalue weighted by molar-refractivity contribution is 5.92. The van der Waals surface area contributed by atoms with Crippen LogP contribution >= 0.6 is 0 Å². The number of phenolic OH excluding ortho intramolecular Hbond substituents is 1. The Kier molecular flexibility index (Phi) is 6.29. The van der Waals surface area contributed by atoms with Gasteiger partial charge in [0.05, 0.1) is 40.8 Å². The Labute approximate surface area is 189 Å². The summed E-state index contributed by atoms with van der Waals surface area (Å²) in [7, 11) is 1.71. The number of hydrogen-bond donors (Lipinski definition) is 2. The number of ether oxygens (including phenoxy) is 1. The van der Waals surface area contributed by atoms with E-state index in [1.807, 2.05) is 13.0 Å². The van der Waals surface area contributed by atoms with Crippen molar-refractivity contribution in [3.63, 3.8) is 0 Å². The number of rotatable bonds is 5. The van der Waals surface area contributed by atoms with Crippen molar-refractivity contribution in [2.75, 3.05) is 30.4 Å². The number of alkyl halides is 3. The van der Waals surface area contributed by atoms with Crippen molar-refractivity contribution < 1.29 is 23.0 Å². The summed E-state index contributed by atoms with van der Waals surface area (Å²) in [5.41, 5.74) is 1.60. The van der Waals surface area contributed by atoms with Crippen LogP contribution in [0.3, 0.4) is 0 Å². The Balaban J connectivity index is 1.68.